The van der Waals surface area contributed by atoms with E-state index in [0.717, 1.165) is 31.7 Å². The van der Waals surface area contributed by atoms with Crippen LogP contribution in [0.15, 0.2) is 18.3 Å². The molecular weight excluding hydrogens is 210 g/mol. The van der Waals surface area contributed by atoms with Crippen LogP contribution < -0.4 is 5.73 Å². The first-order valence-electron chi connectivity index (χ1n) is 6.37. The maximum absolute atomic E-state index is 6.15. The lowest BCUT2D eigenvalue weighted by Gasteiger charge is -2.42. The molecule has 2 N–H and O–H groups in total. The summed E-state index contributed by atoms with van der Waals surface area (Å²) in [6.07, 6.45) is 3.02. The van der Waals surface area contributed by atoms with Crippen LogP contribution in [-0.4, -0.2) is 29.0 Å². The average Bonchev–Trinajstić information content (AvgIpc) is 2.26. The summed E-state index contributed by atoms with van der Waals surface area (Å²) in [6, 6.07) is 4.57. The topological polar surface area (TPSA) is 42.1 Å². The van der Waals surface area contributed by atoms with Gasteiger partial charge in [-0.3, -0.25) is 9.88 Å². The molecule has 1 unspecified atom stereocenters. The molecule has 1 atom stereocenters. The van der Waals surface area contributed by atoms with Gasteiger partial charge in [-0.25, -0.2) is 0 Å². The maximum atomic E-state index is 6.15. The van der Waals surface area contributed by atoms with Crippen molar-refractivity contribution in [2.24, 2.45) is 11.1 Å². The summed E-state index contributed by atoms with van der Waals surface area (Å²) < 4.78 is 0. The molecule has 0 spiro atoms. The van der Waals surface area contributed by atoms with Crippen LogP contribution in [0.4, 0.5) is 0 Å². The zero-order valence-electron chi connectivity index (χ0n) is 11.1. The molecule has 2 rings (SSSR count). The first-order chi connectivity index (χ1) is 7.97. The lowest BCUT2D eigenvalue weighted by molar-refractivity contribution is 0.0889. The van der Waals surface area contributed by atoms with Crippen LogP contribution in [0.3, 0.4) is 0 Å². The van der Waals surface area contributed by atoms with Crippen molar-refractivity contribution < 1.29 is 0 Å². The lowest BCUT2D eigenvalue weighted by Crippen LogP contribution is -2.52. The molecule has 0 aliphatic carbocycles. The molecule has 3 heteroatoms. The number of piperidine rings is 1. The second kappa shape index (κ2) is 4.75. The summed E-state index contributed by atoms with van der Waals surface area (Å²) in [6.45, 7) is 9.67. The average molecular weight is 233 g/mol. The Balaban J connectivity index is 1.98. The van der Waals surface area contributed by atoms with Crippen molar-refractivity contribution in [1.82, 2.24) is 9.88 Å². The van der Waals surface area contributed by atoms with E-state index in [0.29, 0.717) is 6.04 Å². The highest BCUT2D eigenvalue weighted by atomic mass is 15.2. The molecule has 1 saturated heterocycles. The van der Waals surface area contributed by atoms with E-state index in [2.05, 4.69) is 42.8 Å². The number of aryl methyl sites for hydroxylation is 1. The van der Waals surface area contributed by atoms with Gasteiger partial charge in [0.15, 0.2) is 0 Å². The second-order valence-electron chi connectivity index (χ2n) is 5.92. The molecule has 1 aromatic heterocycles. The highest BCUT2D eigenvalue weighted by molar-refractivity contribution is 5.12. The monoisotopic (exact) mass is 233 g/mol. The lowest BCUT2D eigenvalue weighted by atomic mass is 9.79. The molecule has 0 aromatic carbocycles. The fourth-order valence-electron chi connectivity index (χ4n) is 2.44. The van der Waals surface area contributed by atoms with E-state index in [1.807, 2.05) is 6.20 Å². The van der Waals surface area contributed by atoms with Gasteiger partial charge in [0.05, 0.1) is 5.69 Å². The van der Waals surface area contributed by atoms with Crippen LogP contribution in [0.2, 0.25) is 0 Å². The molecule has 3 nitrogen and oxygen atoms in total. The van der Waals surface area contributed by atoms with Gasteiger partial charge in [-0.2, -0.15) is 0 Å². The molecule has 2 heterocycles. The Kier molecular flexibility index (Phi) is 3.50. The number of nitrogens with zero attached hydrogens (tertiary/aromatic N) is 2. The highest BCUT2D eigenvalue weighted by Gasteiger charge is 2.33. The largest absolute Gasteiger partial charge is 0.327 e. The van der Waals surface area contributed by atoms with E-state index in [9.17, 15) is 0 Å². The van der Waals surface area contributed by atoms with E-state index in [-0.39, 0.29) is 5.41 Å². The Morgan fingerprint density at radius 2 is 2.24 bits per heavy atom. The summed E-state index contributed by atoms with van der Waals surface area (Å²) in [5.41, 5.74) is 8.73. The third-order valence-electron chi connectivity index (χ3n) is 3.75. The van der Waals surface area contributed by atoms with Crippen molar-refractivity contribution in [3.05, 3.63) is 29.6 Å². The van der Waals surface area contributed by atoms with Gasteiger partial charge in [0, 0.05) is 31.9 Å². The number of aromatic nitrogens is 1. The van der Waals surface area contributed by atoms with E-state index in [4.69, 9.17) is 5.73 Å². The number of likely N-dealkylation sites (tertiary alicyclic amines) is 1. The van der Waals surface area contributed by atoms with Crippen LogP contribution >= 0.6 is 0 Å². The molecular formula is C14H23N3. The molecule has 1 fully saturated rings. The van der Waals surface area contributed by atoms with Gasteiger partial charge in [-0.15, -0.1) is 0 Å². The zero-order chi connectivity index (χ0) is 12.5. The van der Waals surface area contributed by atoms with Crippen molar-refractivity contribution in [3.8, 4) is 0 Å². The van der Waals surface area contributed by atoms with Crippen LogP contribution in [0.1, 0.15) is 31.5 Å². The first-order valence-corrected chi connectivity index (χ1v) is 6.37. The standard InChI is InChI=1S/C14H23N3/c1-11-4-5-12(16-8-11)9-17-7-6-13(15)14(2,3)10-17/h4-5,8,13H,6-7,9-10,15H2,1-3H3. The molecule has 0 radical (unpaired) electrons. The van der Waals surface area contributed by atoms with Gasteiger partial charge in [0.2, 0.25) is 0 Å². The molecule has 0 amide bonds. The molecule has 1 aliphatic rings. The number of pyridine rings is 1. The number of hydrogen-bond donors (Lipinski definition) is 1. The number of nitrogens with two attached hydrogens (primary N) is 1. The SMILES string of the molecule is Cc1ccc(CN2CCC(N)C(C)(C)C2)nc1. The molecule has 0 saturated carbocycles. The molecule has 1 aliphatic heterocycles. The summed E-state index contributed by atoms with van der Waals surface area (Å²) in [5.74, 6) is 0. The zero-order valence-corrected chi connectivity index (χ0v) is 11.1. The van der Waals surface area contributed by atoms with Crippen molar-refractivity contribution in [2.75, 3.05) is 13.1 Å². The minimum Gasteiger partial charge on any atom is -0.327 e. The van der Waals surface area contributed by atoms with Crippen molar-refractivity contribution in [3.63, 3.8) is 0 Å². The second-order valence-corrected chi connectivity index (χ2v) is 5.92. The Hall–Kier alpha value is -0.930. The fourth-order valence-corrected chi connectivity index (χ4v) is 2.44. The normalized spacial score (nSPS) is 24.8. The summed E-state index contributed by atoms with van der Waals surface area (Å²) in [4.78, 5) is 6.93. The van der Waals surface area contributed by atoms with Crippen LogP contribution in [-0.2, 0) is 6.54 Å². The number of hydrogen-bond acceptors (Lipinski definition) is 3. The maximum Gasteiger partial charge on any atom is 0.0544 e. The molecule has 0 bridgehead atoms. The molecule has 1 aromatic rings. The Morgan fingerprint density at radius 1 is 1.47 bits per heavy atom. The Labute approximate surface area is 104 Å². The third-order valence-corrected chi connectivity index (χ3v) is 3.75. The third kappa shape index (κ3) is 3.05. The fraction of sp³-hybridized carbons (Fsp3) is 0.643. The molecule has 17 heavy (non-hydrogen) atoms. The van der Waals surface area contributed by atoms with Crippen molar-refractivity contribution >= 4 is 0 Å². The summed E-state index contributed by atoms with van der Waals surface area (Å²) in [7, 11) is 0. The quantitative estimate of drug-likeness (QED) is 0.849. The van der Waals surface area contributed by atoms with Crippen molar-refractivity contribution in [2.45, 2.75) is 39.8 Å². The van der Waals surface area contributed by atoms with Gasteiger partial charge in [0.1, 0.15) is 0 Å². The van der Waals surface area contributed by atoms with E-state index >= 15 is 0 Å². The Bertz CT molecular complexity index is 370. The number of rotatable bonds is 2. The van der Waals surface area contributed by atoms with E-state index in [1.165, 1.54) is 5.56 Å². The van der Waals surface area contributed by atoms with E-state index < -0.39 is 0 Å². The predicted octanol–water partition coefficient (Wildman–Crippen LogP) is 1.95. The van der Waals surface area contributed by atoms with Gasteiger partial charge >= 0.3 is 0 Å². The minimum absolute atomic E-state index is 0.211. The Morgan fingerprint density at radius 3 is 2.82 bits per heavy atom. The van der Waals surface area contributed by atoms with Crippen LogP contribution in [0.25, 0.3) is 0 Å². The van der Waals surface area contributed by atoms with Gasteiger partial charge in [-0.05, 0) is 30.4 Å². The van der Waals surface area contributed by atoms with Crippen LogP contribution in [0.5, 0.6) is 0 Å². The predicted molar refractivity (Wildman–Crippen MR) is 70.6 cm³/mol. The van der Waals surface area contributed by atoms with Crippen LogP contribution in [0, 0.1) is 12.3 Å². The van der Waals surface area contributed by atoms with Gasteiger partial charge < -0.3 is 5.73 Å². The summed E-state index contributed by atoms with van der Waals surface area (Å²) >= 11 is 0. The smallest absolute Gasteiger partial charge is 0.0544 e. The highest BCUT2D eigenvalue weighted by Crippen LogP contribution is 2.28. The van der Waals surface area contributed by atoms with Gasteiger partial charge in [0.25, 0.3) is 0 Å². The van der Waals surface area contributed by atoms with Crippen molar-refractivity contribution in [1.29, 1.82) is 0 Å². The first kappa shape index (κ1) is 12.5. The molecule has 94 valence electrons. The minimum atomic E-state index is 0.211. The summed E-state index contributed by atoms with van der Waals surface area (Å²) in [5, 5.41) is 0. The van der Waals surface area contributed by atoms with Gasteiger partial charge in [-0.1, -0.05) is 19.9 Å². The van der Waals surface area contributed by atoms with E-state index in [1.54, 1.807) is 0 Å².